The van der Waals surface area contributed by atoms with E-state index in [9.17, 15) is 19.7 Å². The number of amides is 1. The van der Waals surface area contributed by atoms with Gasteiger partial charge < -0.3 is 10.1 Å². The molecule has 0 fully saturated rings. The Bertz CT molecular complexity index is 812. The molecule has 0 aliphatic carbocycles. The zero-order valence-corrected chi connectivity index (χ0v) is 13.4. The molecule has 2 aromatic rings. The lowest BCUT2D eigenvalue weighted by atomic mass is 10.2. The van der Waals surface area contributed by atoms with E-state index < -0.39 is 16.8 Å². The summed E-state index contributed by atoms with van der Waals surface area (Å²) in [6, 6.07) is 6.27. The van der Waals surface area contributed by atoms with Crippen LogP contribution in [0.1, 0.15) is 21.7 Å². The van der Waals surface area contributed by atoms with E-state index in [0.717, 1.165) is 0 Å². The highest BCUT2D eigenvalue weighted by molar-refractivity contribution is 5.94. The van der Waals surface area contributed by atoms with Crippen molar-refractivity contribution in [1.29, 1.82) is 0 Å². The van der Waals surface area contributed by atoms with Crippen LogP contribution in [-0.4, -0.2) is 33.7 Å². The van der Waals surface area contributed by atoms with Gasteiger partial charge in [0.2, 0.25) is 5.91 Å². The summed E-state index contributed by atoms with van der Waals surface area (Å²) in [6.07, 6.45) is 0. The second kappa shape index (κ2) is 6.90. The Morgan fingerprint density at radius 3 is 2.67 bits per heavy atom. The molecule has 0 radical (unpaired) electrons. The van der Waals surface area contributed by atoms with Crippen molar-refractivity contribution in [3.63, 3.8) is 0 Å². The minimum atomic E-state index is -0.522. The van der Waals surface area contributed by atoms with Crippen LogP contribution in [0.5, 0.6) is 0 Å². The van der Waals surface area contributed by atoms with E-state index in [2.05, 4.69) is 15.2 Å². The second-order valence-corrected chi connectivity index (χ2v) is 5.05. The first kappa shape index (κ1) is 17.1. The lowest BCUT2D eigenvalue weighted by molar-refractivity contribution is -0.386. The van der Waals surface area contributed by atoms with Gasteiger partial charge in [0.05, 0.1) is 17.6 Å². The molecule has 1 aromatic heterocycles. The van der Waals surface area contributed by atoms with Crippen molar-refractivity contribution < 1.29 is 19.2 Å². The maximum absolute atomic E-state index is 12.1. The molecule has 1 heterocycles. The highest BCUT2D eigenvalue weighted by Crippen LogP contribution is 2.21. The number of ether oxygens (including phenoxy) is 1. The van der Waals surface area contributed by atoms with Crippen molar-refractivity contribution in [1.82, 2.24) is 9.78 Å². The number of aryl methyl sites for hydroxylation is 1. The molecule has 0 spiro atoms. The Morgan fingerprint density at radius 2 is 2.08 bits per heavy atom. The van der Waals surface area contributed by atoms with Crippen LogP contribution in [0.3, 0.4) is 0 Å². The van der Waals surface area contributed by atoms with Crippen molar-refractivity contribution >= 4 is 23.3 Å². The Kier molecular flexibility index (Phi) is 4.93. The first-order valence-corrected chi connectivity index (χ1v) is 7.00. The number of esters is 1. The fourth-order valence-corrected chi connectivity index (χ4v) is 2.28. The van der Waals surface area contributed by atoms with E-state index in [1.807, 2.05) is 0 Å². The van der Waals surface area contributed by atoms with Gasteiger partial charge >= 0.3 is 11.7 Å². The molecule has 1 amide bonds. The number of rotatable bonds is 5. The summed E-state index contributed by atoms with van der Waals surface area (Å²) >= 11 is 0. The lowest BCUT2D eigenvalue weighted by Gasteiger charge is -2.07. The predicted octanol–water partition coefficient (Wildman–Crippen LogP) is 1.83. The van der Waals surface area contributed by atoms with Crippen LogP contribution in [0.4, 0.5) is 11.4 Å². The Hall–Kier alpha value is -3.23. The third-order valence-electron chi connectivity index (χ3n) is 3.39. The summed E-state index contributed by atoms with van der Waals surface area (Å²) in [6.45, 7) is 2.87. The third kappa shape index (κ3) is 3.57. The molecule has 24 heavy (non-hydrogen) atoms. The first-order valence-electron chi connectivity index (χ1n) is 7.00. The fraction of sp³-hybridized carbons (Fsp3) is 0.267. The largest absolute Gasteiger partial charge is 0.465 e. The molecule has 0 unspecified atom stereocenters. The number of carbonyl (C=O) groups is 2. The van der Waals surface area contributed by atoms with Gasteiger partial charge in [-0.3, -0.25) is 19.6 Å². The summed E-state index contributed by atoms with van der Waals surface area (Å²) in [7, 11) is 1.27. The minimum Gasteiger partial charge on any atom is -0.465 e. The molecular formula is C15H16N4O5. The van der Waals surface area contributed by atoms with E-state index >= 15 is 0 Å². The average Bonchev–Trinajstić information content (AvgIpc) is 2.80. The van der Waals surface area contributed by atoms with Crippen LogP contribution in [0.25, 0.3) is 0 Å². The second-order valence-electron chi connectivity index (χ2n) is 5.05. The van der Waals surface area contributed by atoms with Crippen molar-refractivity contribution in [2.24, 2.45) is 0 Å². The molecule has 9 nitrogen and oxygen atoms in total. The fourth-order valence-electron chi connectivity index (χ4n) is 2.28. The highest BCUT2D eigenvalue weighted by Gasteiger charge is 2.22. The van der Waals surface area contributed by atoms with Gasteiger partial charge in [0.15, 0.2) is 0 Å². The molecular weight excluding hydrogens is 316 g/mol. The molecule has 0 atom stereocenters. The minimum absolute atomic E-state index is 0.101. The van der Waals surface area contributed by atoms with Crippen LogP contribution >= 0.6 is 0 Å². The summed E-state index contributed by atoms with van der Waals surface area (Å²) < 4.78 is 5.89. The number of benzene rings is 1. The number of aromatic nitrogens is 2. The number of nitrogens with zero attached hydrogens (tertiary/aromatic N) is 3. The Morgan fingerprint density at radius 1 is 1.38 bits per heavy atom. The standard InChI is InChI=1S/C15H16N4O5/c1-9-14(19(22)23)10(2)18(17-9)8-13(20)16-12-6-4-5-11(7-12)15(21)24-3/h4-7H,8H2,1-3H3,(H,16,20). The van der Waals surface area contributed by atoms with E-state index in [1.165, 1.54) is 31.7 Å². The molecule has 9 heteroatoms. The molecule has 2 rings (SSSR count). The van der Waals surface area contributed by atoms with Crippen molar-refractivity contribution in [2.75, 3.05) is 12.4 Å². The van der Waals surface area contributed by atoms with Gasteiger partial charge in [-0.25, -0.2) is 4.79 Å². The molecule has 1 aromatic carbocycles. The molecule has 0 bridgehead atoms. The van der Waals surface area contributed by atoms with Crippen LogP contribution in [0, 0.1) is 24.0 Å². The molecule has 0 saturated carbocycles. The zero-order valence-electron chi connectivity index (χ0n) is 13.4. The topological polar surface area (TPSA) is 116 Å². The number of hydrogen-bond donors (Lipinski definition) is 1. The third-order valence-corrected chi connectivity index (χ3v) is 3.39. The quantitative estimate of drug-likeness (QED) is 0.507. The van der Waals surface area contributed by atoms with E-state index in [1.54, 1.807) is 18.2 Å². The number of carbonyl (C=O) groups excluding carboxylic acids is 2. The summed E-state index contributed by atoms with van der Waals surface area (Å²) in [4.78, 5) is 34.0. The van der Waals surface area contributed by atoms with Crippen LogP contribution < -0.4 is 5.32 Å². The number of hydrogen-bond acceptors (Lipinski definition) is 6. The van der Waals surface area contributed by atoms with Gasteiger partial charge in [-0.1, -0.05) is 6.07 Å². The Labute approximate surface area is 137 Å². The smallest absolute Gasteiger partial charge is 0.337 e. The van der Waals surface area contributed by atoms with Gasteiger partial charge in [0, 0.05) is 5.69 Å². The van der Waals surface area contributed by atoms with Gasteiger partial charge in [0.25, 0.3) is 0 Å². The van der Waals surface area contributed by atoms with E-state index in [4.69, 9.17) is 0 Å². The normalized spacial score (nSPS) is 10.3. The number of methoxy groups -OCH3 is 1. The Balaban J connectivity index is 2.13. The summed E-state index contributed by atoms with van der Waals surface area (Å²) in [5.41, 5.74) is 1.17. The maximum Gasteiger partial charge on any atom is 0.337 e. The van der Waals surface area contributed by atoms with Crippen LogP contribution in [-0.2, 0) is 16.1 Å². The van der Waals surface area contributed by atoms with Gasteiger partial charge in [-0.2, -0.15) is 5.10 Å². The first-order chi connectivity index (χ1) is 11.3. The summed E-state index contributed by atoms with van der Waals surface area (Å²) in [5, 5.41) is 17.6. The van der Waals surface area contributed by atoms with Crippen molar-refractivity contribution in [3.05, 3.63) is 51.3 Å². The average molecular weight is 332 g/mol. The highest BCUT2D eigenvalue weighted by atomic mass is 16.6. The van der Waals surface area contributed by atoms with E-state index in [-0.39, 0.29) is 17.9 Å². The predicted molar refractivity (Wildman–Crippen MR) is 84.8 cm³/mol. The van der Waals surface area contributed by atoms with Gasteiger partial charge in [-0.05, 0) is 32.0 Å². The molecule has 0 aliphatic rings. The summed E-state index contributed by atoms with van der Waals surface area (Å²) in [5.74, 6) is -0.933. The van der Waals surface area contributed by atoms with Crippen LogP contribution in [0.2, 0.25) is 0 Å². The number of nitro groups is 1. The molecule has 1 N–H and O–H groups in total. The maximum atomic E-state index is 12.1. The van der Waals surface area contributed by atoms with Gasteiger partial charge in [-0.15, -0.1) is 0 Å². The molecule has 0 saturated heterocycles. The van der Waals surface area contributed by atoms with Crippen LogP contribution in [0.15, 0.2) is 24.3 Å². The number of nitrogens with one attached hydrogen (secondary N) is 1. The number of anilines is 1. The SMILES string of the molecule is COC(=O)c1cccc(NC(=O)Cn2nc(C)c([N+](=O)[O-])c2C)c1. The van der Waals surface area contributed by atoms with Gasteiger partial charge in [0.1, 0.15) is 17.9 Å². The lowest BCUT2D eigenvalue weighted by Crippen LogP contribution is -2.20. The zero-order chi connectivity index (χ0) is 17.9. The molecule has 126 valence electrons. The van der Waals surface area contributed by atoms with Crippen molar-refractivity contribution in [2.45, 2.75) is 20.4 Å². The monoisotopic (exact) mass is 332 g/mol. The molecule has 0 aliphatic heterocycles. The van der Waals surface area contributed by atoms with E-state index in [0.29, 0.717) is 16.9 Å². The van der Waals surface area contributed by atoms with Crippen molar-refractivity contribution in [3.8, 4) is 0 Å².